The van der Waals surface area contributed by atoms with E-state index in [2.05, 4.69) is 47.0 Å². The van der Waals surface area contributed by atoms with Crippen LogP contribution in [-0.4, -0.2) is 15.6 Å². The van der Waals surface area contributed by atoms with Crippen molar-refractivity contribution in [2.24, 2.45) is 7.05 Å². The number of nitrogens with zero attached hydrogens (tertiary/aromatic N) is 2. The quantitative estimate of drug-likeness (QED) is 0.890. The average Bonchev–Trinajstić information content (AvgIpc) is 3.15. The molecule has 0 spiro atoms. The molecule has 3 heteroatoms. The third kappa shape index (κ3) is 3.04. The lowest BCUT2D eigenvalue weighted by atomic mass is 10.0. The van der Waals surface area contributed by atoms with E-state index < -0.39 is 0 Å². The molecule has 3 rings (SSSR count). The van der Waals surface area contributed by atoms with Gasteiger partial charge in [-0.25, -0.2) is 4.98 Å². The van der Waals surface area contributed by atoms with E-state index in [0.29, 0.717) is 0 Å². The van der Waals surface area contributed by atoms with Gasteiger partial charge < -0.3 is 9.88 Å². The van der Waals surface area contributed by atoms with Gasteiger partial charge in [0.15, 0.2) is 0 Å². The molecule has 19 heavy (non-hydrogen) atoms. The smallest absolute Gasteiger partial charge is 0.112 e. The summed E-state index contributed by atoms with van der Waals surface area (Å²) in [5, 5.41) is 3.57. The van der Waals surface area contributed by atoms with Crippen LogP contribution < -0.4 is 5.32 Å². The van der Waals surface area contributed by atoms with Gasteiger partial charge in [0.05, 0.1) is 0 Å². The minimum absolute atomic E-state index is 0.763. The van der Waals surface area contributed by atoms with E-state index in [0.717, 1.165) is 24.8 Å². The Morgan fingerprint density at radius 2 is 2.21 bits per heavy atom. The first-order chi connectivity index (χ1) is 9.22. The van der Waals surface area contributed by atoms with Crippen LogP contribution >= 0.6 is 0 Å². The summed E-state index contributed by atoms with van der Waals surface area (Å²) in [5.41, 5.74) is 4.10. The van der Waals surface area contributed by atoms with Gasteiger partial charge in [0.25, 0.3) is 0 Å². The summed E-state index contributed by atoms with van der Waals surface area (Å²) in [6.07, 6.45) is 7.46. The first-order valence-electron chi connectivity index (χ1n) is 7.00. The molecule has 1 heterocycles. The number of benzene rings is 1. The molecule has 0 amide bonds. The average molecular weight is 255 g/mol. The first kappa shape index (κ1) is 12.4. The molecule has 0 aliphatic heterocycles. The number of hydrogen-bond acceptors (Lipinski definition) is 2. The summed E-state index contributed by atoms with van der Waals surface area (Å²) < 4.78 is 2.09. The van der Waals surface area contributed by atoms with Gasteiger partial charge >= 0.3 is 0 Å². The van der Waals surface area contributed by atoms with Crippen LogP contribution in [0, 0.1) is 6.92 Å². The molecule has 0 atom stereocenters. The van der Waals surface area contributed by atoms with Crippen molar-refractivity contribution in [3.05, 3.63) is 53.1 Å². The summed E-state index contributed by atoms with van der Waals surface area (Å²) in [4.78, 5) is 4.41. The number of imidazole rings is 1. The maximum Gasteiger partial charge on any atom is 0.112 e. The van der Waals surface area contributed by atoms with E-state index in [1.165, 1.54) is 29.5 Å². The molecule has 1 fully saturated rings. The molecule has 0 unspecified atom stereocenters. The second kappa shape index (κ2) is 5.17. The highest BCUT2D eigenvalue weighted by Crippen LogP contribution is 2.20. The summed E-state index contributed by atoms with van der Waals surface area (Å²) in [6, 6.07) is 7.54. The van der Waals surface area contributed by atoms with Gasteiger partial charge in [-0.1, -0.05) is 18.2 Å². The molecule has 100 valence electrons. The van der Waals surface area contributed by atoms with Gasteiger partial charge in [-0.2, -0.15) is 0 Å². The van der Waals surface area contributed by atoms with E-state index in [1.54, 1.807) is 0 Å². The number of hydrogen-bond donors (Lipinski definition) is 1. The Labute approximate surface area is 114 Å². The maximum atomic E-state index is 4.41. The van der Waals surface area contributed by atoms with Crippen LogP contribution in [0.25, 0.3) is 0 Å². The molecular weight excluding hydrogens is 234 g/mol. The van der Waals surface area contributed by atoms with Crippen LogP contribution in [0.4, 0.5) is 0 Å². The molecule has 1 aliphatic carbocycles. The van der Waals surface area contributed by atoms with Gasteiger partial charge in [-0.05, 0) is 36.5 Å². The normalized spacial score (nSPS) is 14.8. The molecule has 0 saturated heterocycles. The standard InChI is InChI=1S/C16H21N3/c1-12-3-4-13(11-18-15-5-6-15)9-14(12)10-16-17-7-8-19(16)2/h3-4,7-9,15,18H,5-6,10-11H2,1-2H3. The fourth-order valence-corrected chi connectivity index (χ4v) is 2.31. The van der Waals surface area contributed by atoms with Crippen LogP contribution in [0.5, 0.6) is 0 Å². The van der Waals surface area contributed by atoms with E-state index in [-0.39, 0.29) is 0 Å². The Balaban J connectivity index is 1.75. The molecule has 1 saturated carbocycles. The van der Waals surface area contributed by atoms with Crippen molar-refractivity contribution in [3.8, 4) is 0 Å². The second-order valence-electron chi connectivity index (χ2n) is 5.55. The minimum atomic E-state index is 0.763. The van der Waals surface area contributed by atoms with Crippen LogP contribution in [0.2, 0.25) is 0 Å². The Kier molecular flexibility index (Phi) is 3.38. The lowest BCUT2D eigenvalue weighted by Crippen LogP contribution is -2.15. The lowest BCUT2D eigenvalue weighted by molar-refractivity contribution is 0.687. The fourth-order valence-electron chi connectivity index (χ4n) is 2.31. The Bertz CT molecular complexity index is 567. The van der Waals surface area contributed by atoms with Crippen molar-refractivity contribution in [1.82, 2.24) is 14.9 Å². The Morgan fingerprint density at radius 3 is 2.89 bits per heavy atom. The van der Waals surface area contributed by atoms with Crippen LogP contribution in [0.1, 0.15) is 35.4 Å². The fraction of sp³-hybridized carbons (Fsp3) is 0.438. The van der Waals surface area contributed by atoms with Crippen molar-refractivity contribution in [1.29, 1.82) is 0 Å². The van der Waals surface area contributed by atoms with Gasteiger partial charge in [0.1, 0.15) is 5.82 Å². The molecule has 3 nitrogen and oxygen atoms in total. The van der Waals surface area contributed by atoms with Gasteiger partial charge in [-0.3, -0.25) is 0 Å². The predicted molar refractivity (Wildman–Crippen MR) is 77.1 cm³/mol. The van der Waals surface area contributed by atoms with Crippen molar-refractivity contribution in [2.75, 3.05) is 0 Å². The van der Waals surface area contributed by atoms with Crippen molar-refractivity contribution >= 4 is 0 Å². The second-order valence-corrected chi connectivity index (χ2v) is 5.55. The van der Waals surface area contributed by atoms with Crippen LogP contribution in [0.3, 0.4) is 0 Å². The molecule has 1 N–H and O–H groups in total. The zero-order valence-electron chi connectivity index (χ0n) is 11.7. The summed E-state index contributed by atoms with van der Waals surface area (Å²) in [7, 11) is 2.05. The molecule has 1 aliphatic rings. The number of aromatic nitrogens is 2. The number of aryl methyl sites for hydroxylation is 2. The van der Waals surface area contributed by atoms with Crippen LogP contribution in [0.15, 0.2) is 30.6 Å². The van der Waals surface area contributed by atoms with E-state index in [9.17, 15) is 0 Å². The summed E-state index contributed by atoms with van der Waals surface area (Å²) in [6.45, 7) is 3.16. The maximum absolute atomic E-state index is 4.41. The predicted octanol–water partition coefficient (Wildman–Crippen LogP) is 2.57. The third-order valence-corrected chi connectivity index (χ3v) is 3.86. The van der Waals surface area contributed by atoms with Crippen molar-refractivity contribution in [3.63, 3.8) is 0 Å². The SMILES string of the molecule is Cc1ccc(CNC2CC2)cc1Cc1nccn1C. The Morgan fingerprint density at radius 1 is 1.37 bits per heavy atom. The summed E-state index contributed by atoms with van der Waals surface area (Å²) in [5.74, 6) is 1.12. The Hall–Kier alpha value is -1.61. The molecule has 0 radical (unpaired) electrons. The zero-order chi connectivity index (χ0) is 13.2. The topological polar surface area (TPSA) is 29.9 Å². The molecule has 1 aromatic carbocycles. The van der Waals surface area contributed by atoms with Gasteiger partial charge in [0.2, 0.25) is 0 Å². The molecule has 2 aromatic rings. The number of nitrogens with one attached hydrogen (secondary N) is 1. The van der Waals surface area contributed by atoms with E-state index >= 15 is 0 Å². The van der Waals surface area contributed by atoms with Gasteiger partial charge in [0, 0.05) is 38.4 Å². The molecular formula is C16H21N3. The number of rotatable bonds is 5. The lowest BCUT2D eigenvalue weighted by Gasteiger charge is -2.10. The zero-order valence-corrected chi connectivity index (χ0v) is 11.7. The highest BCUT2D eigenvalue weighted by atomic mass is 15.0. The highest BCUT2D eigenvalue weighted by molar-refractivity contribution is 5.33. The van der Waals surface area contributed by atoms with Crippen molar-refractivity contribution < 1.29 is 0 Å². The molecule has 1 aromatic heterocycles. The highest BCUT2D eigenvalue weighted by Gasteiger charge is 2.19. The largest absolute Gasteiger partial charge is 0.338 e. The molecule has 0 bridgehead atoms. The van der Waals surface area contributed by atoms with Gasteiger partial charge in [-0.15, -0.1) is 0 Å². The van der Waals surface area contributed by atoms with Crippen molar-refractivity contribution in [2.45, 2.75) is 38.8 Å². The third-order valence-electron chi connectivity index (χ3n) is 3.86. The summed E-state index contributed by atoms with van der Waals surface area (Å²) >= 11 is 0. The minimum Gasteiger partial charge on any atom is -0.338 e. The monoisotopic (exact) mass is 255 g/mol. The first-order valence-corrected chi connectivity index (χ1v) is 7.00. The van der Waals surface area contributed by atoms with E-state index in [1.807, 2.05) is 12.4 Å². The van der Waals surface area contributed by atoms with Crippen LogP contribution in [-0.2, 0) is 20.0 Å². The van der Waals surface area contributed by atoms with E-state index in [4.69, 9.17) is 0 Å².